The molecule has 4 aromatic rings. The van der Waals surface area contributed by atoms with E-state index in [-0.39, 0.29) is 18.1 Å². The normalized spacial score (nSPS) is 17.8. The Morgan fingerprint density at radius 3 is 2.64 bits per heavy atom. The molecule has 1 aliphatic rings. The molecule has 2 heterocycles. The Balaban J connectivity index is 1.50. The van der Waals surface area contributed by atoms with Crippen molar-refractivity contribution >= 4 is 34.1 Å². The monoisotopic (exact) mass is 504 g/mol. The molecule has 1 saturated carbocycles. The Morgan fingerprint density at radius 1 is 1.11 bits per heavy atom. The summed E-state index contributed by atoms with van der Waals surface area (Å²) in [4.78, 5) is 17.8. The number of pyridine rings is 1. The highest BCUT2D eigenvalue weighted by molar-refractivity contribution is 6.30. The molecule has 1 amide bonds. The molecule has 0 aliphatic heterocycles. The number of benzene rings is 2. The third-order valence-corrected chi connectivity index (χ3v) is 7.00. The predicted octanol–water partition coefficient (Wildman–Crippen LogP) is 5.81. The van der Waals surface area contributed by atoms with Gasteiger partial charge in [-0.05, 0) is 81.0 Å². The van der Waals surface area contributed by atoms with E-state index >= 15 is 0 Å². The molecule has 186 valence electrons. The summed E-state index contributed by atoms with van der Waals surface area (Å²) in [5.41, 5.74) is 5.65. The Hall–Kier alpha value is -3.42. The Labute approximate surface area is 214 Å². The van der Waals surface area contributed by atoms with Crippen LogP contribution in [0, 0.1) is 13.8 Å². The summed E-state index contributed by atoms with van der Waals surface area (Å²) in [5.74, 6) is 0.542. The lowest BCUT2D eigenvalue weighted by atomic mass is 9.93. The first-order valence-electron chi connectivity index (χ1n) is 12.2. The van der Waals surface area contributed by atoms with E-state index in [4.69, 9.17) is 21.1 Å². The molecule has 1 aliphatic carbocycles. The van der Waals surface area contributed by atoms with Crippen LogP contribution in [0.5, 0.6) is 0 Å². The molecule has 5 rings (SSSR count). The molecule has 2 aromatic heterocycles. The Kier molecular flexibility index (Phi) is 6.94. The zero-order valence-electron chi connectivity index (χ0n) is 20.3. The maximum Gasteiger partial charge on any atom is 0.270 e. The summed E-state index contributed by atoms with van der Waals surface area (Å²) >= 11 is 6.18. The van der Waals surface area contributed by atoms with E-state index in [9.17, 15) is 9.90 Å². The number of rotatable bonds is 6. The standard InChI is InChI=1S/C28H29ClN4O3/c1-16-27(17(2)36-33-16)19-6-11-24-23(13-19)25(30-15-18-4-3-5-20(29)12-18)14-26(32-24)28(35)31-21-7-9-22(34)10-8-21/h3-6,11-14,21-22,34H,7-10,15H2,1-2H3,(H,30,32)(H,31,35)/t21-,22-. The average molecular weight is 505 g/mol. The lowest BCUT2D eigenvalue weighted by Gasteiger charge is -2.26. The molecule has 0 saturated heterocycles. The fourth-order valence-electron chi connectivity index (χ4n) is 4.86. The number of amides is 1. The van der Waals surface area contributed by atoms with Gasteiger partial charge in [-0.2, -0.15) is 0 Å². The number of nitrogens with one attached hydrogen (secondary N) is 2. The summed E-state index contributed by atoms with van der Waals surface area (Å²) in [7, 11) is 0. The van der Waals surface area contributed by atoms with Crippen molar-refractivity contribution in [1.29, 1.82) is 0 Å². The van der Waals surface area contributed by atoms with Crippen molar-refractivity contribution in [1.82, 2.24) is 15.5 Å². The third kappa shape index (κ3) is 5.22. The lowest BCUT2D eigenvalue weighted by molar-refractivity contribution is 0.0863. The SMILES string of the molecule is Cc1noc(C)c1-c1ccc2nc(C(=O)N[C@H]3CC[C@H](O)CC3)cc(NCc3cccc(Cl)c3)c2c1. The third-order valence-electron chi connectivity index (χ3n) is 6.77. The van der Waals surface area contributed by atoms with Crippen molar-refractivity contribution in [3.8, 4) is 11.1 Å². The first-order chi connectivity index (χ1) is 17.4. The van der Waals surface area contributed by atoms with Gasteiger partial charge < -0.3 is 20.3 Å². The van der Waals surface area contributed by atoms with E-state index < -0.39 is 0 Å². The molecule has 0 atom stereocenters. The first-order valence-corrected chi connectivity index (χ1v) is 12.6. The number of aliphatic hydroxyl groups excluding tert-OH is 1. The summed E-state index contributed by atoms with van der Waals surface area (Å²) in [6.07, 6.45) is 2.66. The van der Waals surface area contributed by atoms with Crippen LogP contribution in [0.25, 0.3) is 22.0 Å². The predicted molar refractivity (Wildman–Crippen MR) is 141 cm³/mol. The van der Waals surface area contributed by atoms with Gasteiger partial charge in [-0.15, -0.1) is 0 Å². The topological polar surface area (TPSA) is 100 Å². The highest BCUT2D eigenvalue weighted by atomic mass is 35.5. The minimum atomic E-state index is -0.272. The van der Waals surface area contributed by atoms with E-state index in [0.717, 1.165) is 52.1 Å². The molecule has 0 radical (unpaired) electrons. The van der Waals surface area contributed by atoms with Gasteiger partial charge in [-0.3, -0.25) is 4.79 Å². The second-order valence-electron chi connectivity index (χ2n) is 9.45. The van der Waals surface area contributed by atoms with Crippen LogP contribution >= 0.6 is 11.6 Å². The van der Waals surface area contributed by atoms with Crippen LogP contribution in [0.4, 0.5) is 5.69 Å². The molecular formula is C28H29ClN4O3. The van der Waals surface area contributed by atoms with Gasteiger partial charge in [0, 0.05) is 34.2 Å². The molecule has 36 heavy (non-hydrogen) atoms. The van der Waals surface area contributed by atoms with Gasteiger partial charge in [0.25, 0.3) is 5.91 Å². The van der Waals surface area contributed by atoms with Crippen molar-refractivity contribution in [3.63, 3.8) is 0 Å². The van der Waals surface area contributed by atoms with Gasteiger partial charge in [-0.25, -0.2) is 4.98 Å². The van der Waals surface area contributed by atoms with Gasteiger partial charge in [0.15, 0.2) is 0 Å². The quantitative estimate of drug-likeness (QED) is 0.306. The molecule has 2 aromatic carbocycles. The minimum absolute atomic E-state index is 0.0446. The molecule has 8 heteroatoms. The first kappa shape index (κ1) is 24.3. The smallest absolute Gasteiger partial charge is 0.270 e. The number of aryl methyl sites for hydroxylation is 2. The number of aromatic nitrogens is 2. The molecule has 0 spiro atoms. The number of aliphatic hydroxyl groups is 1. The maximum atomic E-state index is 13.2. The molecule has 7 nitrogen and oxygen atoms in total. The average Bonchev–Trinajstić information content (AvgIpc) is 3.21. The molecule has 0 bridgehead atoms. The lowest BCUT2D eigenvalue weighted by Crippen LogP contribution is -2.38. The number of hydrogen-bond donors (Lipinski definition) is 3. The van der Waals surface area contributed by atoms with Gasteiger partial charge in [0.05, 0.1) is 17.3 Å². The van der Waals surface area contributed by atoms with Crippen molar-refractivity contribution in [2.24, 2.45) is 0 Å². The molecule has 3 N–H and O–H groups in total. The van der Waals surface area contributed by atoms with E-state index in [1.165, 1.54) is 0 Å². The number of carbonyl (C=O) groups excluding carboxylic acids is 1. The van der Waals surface area contributed by atoms with Crippen LogP contribution in [0.15, 0.2) is 53.1 Å². The zero-order chi connectivity index (χ0) is 25.2. The van der Waals surface area contributed by atoms with Gasteiger partial charge in [0.1, 0.15) is 11.5 Å². The van der Waals surface area contributed by atoms with Gasteiger partial charge in [-0.1, -0.05) is 35.0 Å². The zero-order valence-corrected chi connectivity index (χ0v) is 21.1. The van der Waals surface area contributed by atoms with Crippen LogP contribution in [0.1, 0.15) is 53.2 Å². The highest BCUT2D eigenvalue weighted by Crippen LogP contribution is 2.33. The maximum absolute atomic E-state index is 13.2. The van der Waals surface area contributed by atoms with Crippen molar-refractivity contribution in [2.75, 3.05) is 5.32 Å². The van der Waals surface area contributed by atoms with Crippen LogP contribution in [0.2, 0.25) is 5.02 Å². The number of carbonyl (C=O) groups is 1. The Morgan fingerprint density at radius 2 is 1.92 bits per heavy atom. The van der Waals surface area contributed by atoms with Gasteiger partial charge >= 0.3 is 0 Å². The number of fused-ring (bicyclic) bond motifs is 1. The Bertz CT molecular complexity index is 1390. The summed E-state index contributed by atoms with van der Waals surface area (Å²) in [6.45, 7) is 4.36. The number of nitrogens with zero attached hydrogens (tertiary/aromatic N) is 2. The highest BCUT2D eigenvalue weighted by Gasteiger charge is 2.23. The van der Waals surface area contributed by atoms with Crippen LogP contribution in [-0.4, -0.2) is 33.3 Å². The number of halogens is 1. The largest absolute Gasteiger partial charge is 0.393 e. The summed E-state index contributed by atoms with van der Waals surface area (Å²) < 4.78 is 5.38. The van der Waals surface area contributed by atoms with Crippen LogP contribution < -0.4 is 10.6 Å². The van der Waals surface area contributed by atoms with E-state index in [0.29, 0.717) is 35.6 Å². The number of anilines is 1. The fraction of sp³-hybridized carbons (Fsp3) is 0.321. The second kappa shape index (κ2) is 10.3. The van der Waals surface area contributed by atoms with E-state index in [1.807, 2.05) is 50.2 Å². The van der Waals surface area contributed by atoms with E-state index in [2.05, 4.69) is 21.9 Å². The minimum Gasteiger partial charge on any atom is -0.393 e. The molecule has 0 unspecified atom stereocenters. The molecule has 1 fully saturated rings. The van der Waals surface area contributed by atoms with Crippen molar-refractivity contribution < 1.29 is 14.4 Å². The molecular weight excluding hydrogens is 476 g/mol. The van der Waals surface area contributed by atoms with Crippen molar-refractivity contribution in [2.45, 2.75) is 58.2 Å². The second-order valence-corrected chi connectivity index (χ2v) is 9.88. The van der Waals surface area contributed by atoms with Gasteiger partial charge in [0.2, 0.25) is 0 Å². The summed E-state index contributed by atoms with van der Waals surface area (Å²) in [6, 6.07) is 15.5. The summed E-state index contributed by atoms with van der Waals surface area (Å²) in [5, 5.41) is 22.0. The fourth-order valence-corrected chi connectivity index (χ4v) is 5.08. The van der Waals surface area contributed by atoms with Crippen LogP contribution in [0.3, 0.4) is 0 Å². The van der Waals surface area contributed by atoms with Crippen LogP contribution in [-0.2, 0) is 6.54 Å². The number of hydrogen-bond acceptors (Lipinski definition) is 6. The van der Waals surface area contributed by atoms with Crippen molar-refractivity contribution in [3.05, 3.63) is 76.3 Å². The van der Waals surface area contributed by atoms with E-state index in [1.54, 1.807) is 6.07 Å².